The Balaban J connectivity index is 1.96. The molecular formula is C13H10ClNO2S. The monoisotopic (exact) mass is 279 g/mol. The third-order valence-electron chi connectivity index (χ3n) is 2.24. The molecule has 0 saturated heterocycles. The van der Waals surface area contributed by atoms with Gasteiger partial charge in [0.15, 0.2) is 5.78 Å². The predicted octanol–water partition coefficient (Wildman–Crippen LogP) is 3.42. The van der Waals surface area contributed by atoms with Gasteiger partial charge in [-0.1, -0.05) is 23.4 Å². The first-order valence-corrected chi connectivity index (χ1v) is 6.58. The van der Waals surface area contributed by atoms with Crippen molar-refractivity contribution in [2.75, 3.05) is 5.75 Å². The molecule has 1 aromatic carbocycles. The van der Waals surface area contributed by atoms with Gasteiger partial charge in [-0.2, -0.15) is 0 Å². The molecule has 0 saturated carbocycles. The molecule has 0 fully saturated rings. The smallest absolute Gasteiger partial charge is 0.173 e. The molecule has 1 N–H and O–H groups in total. The van der Waals surface area contributed by atoms with E-state index in [4.69, 9.17) is 16.7 Å². The maximum Gasteiger partial charge on any atom is 0.173 e. The number of thioether (sulfide) groups is 1. The Morgan fingerprint density at radius 1 is 1.22 bits per heavy atom. The van der Waals surface area contributed by atoms with Gasteiger partial charge in [0, 0.05) is 11.8 Å². The van der Waals surface area contributed by atoms with E-state index in [0.29, 0.717) is 16.3 Å². The number of nitrogens with zero attached hydrogens (tertiary/aromatic N) is 1. The lowest BCUT2D eigenvalue weighted by Gasteiger charge is -2.01. The van der Waals surface area contributed by atoms with Crippen molar-refractivity contribution in [2.45, 2.75) is 5.03 Å². The van der Waals surface area contributed by atoms with Crippen LogP contribution in [0.25, 0.3) is 0 Å². The lowest BCUT2D eigenvalue weighted by Crippen LogP contribution is -2.02. The molecule has 92 valence electrons. The molecule has 0 spiro atoms. The second-order valence-corrected chi connectivity index (χ2v) is 5.01. The zero-order chi connectivity index (χ0) is 13.0. The van der Waals surface area contributed by atoms with Crippen LogP contribution in [-0.2, 0) is 0 Å². The van der Waals surface area contributed by atoms with Crippen LogP contribution in [0.5, 0.6) is 5.75 Å². The van der Waals surface area contributed by atoms with Gasteiger partial charge in [0.05, 0.1) is 15.8 Å². The van der Waals surface area contributed by atoms with Crippen molar-refractivity contribution in [1.29, 1.82) is 0 Å². The fraction of sp³-hybridized carbons (Fsp3) is 0.0769. The summed E-state index contributed by atoms with van der Waals surface area (Å²) in [6.45, 7) is 0. The van der Waals surface area contributed by atoms with Gasteiger partial charge in [-0.25, -0.2) is 4.98 Å². The van der Waals surface area contributed by atoms with Crippen LogP contribution in [0.4, 0.5) is 0 Å². The van der Waals surface area contributed by atoms with Gasteiger partial charge in [0.25, 0.3) is 0 Å². The number of hydrogen-bond acceptors (Lipinski definition) is 4. The predicted molar refractivity (Wildman–Crippen MR) is 72.4 cm³/mol. The molecule has 18 heavy (non-hydrogen) atoms. The summed E-state index contributed by atoms with van der Waals surface area (Å²) in [4.78, 5) is 15.9. The number of aromatic hydroxyl groups is 1. The van der Waals surface area contributed by atoms with E-state index in [1.165, 1.54) is 23.9 Å². The highest BCUT2D eigenvalue weighted by atomic mass is 35.5. The highest BCUT2D eigenvalue weighted by Crippen LogP contribution is 2.19. The van der Waals surface area contributed by atoms with Crippen LogP contribution in [0, 0.1) is 0 Å². The first-order chi connectivity index (χ1) is 8.65. The molecule has 5 heteroatoms. The zero-order valence-electron chi connectivity index (χ0n) is 9.34. The number of ketones is 1. The Morgan fingerprint density at radius 2 is 1.94 bits per heavy atom. The number of rotatable bonds is 4. The first-order valence-electron chi connectivity index (χ1n) is 5.22. The van der Waals surface area contributed by atoms with Crippen molar-refractivity contribution in [3.05, 3.63) is 53.2 Å². The molecule has 0 unspecified atom stereocenters. The van der Waals surface area contributed by atoms with E-state index in [0.717, 1.165) is 5.03 Å². The standard InChI is InChI=1S/C13H10ClNO2S/c14-10-3-6-13(15-7-10)18-8-12(17)9-1-4-11(16)5-2-9/h1-7,16H,8H2. The summed E-state index contributed by atoms with van der Waals surface area (Å²) in [5.74, 6) is 0.453. The molecule has 1 aromatic heterocycles. The largest absolute Gasteiger partial charge is 0.508 e. The Bertz CT molecular complexity index is 540. The van der Waals surface area contributed by atoms with Gasteiger partial charge in [-0.15, -0.1) is 0 Å². The number of aromatic nitrogens is 1. The Hall–Kier alpha value is -1.52. The lowest BCUT2D eigenvalue weighted by molar-refractivity contribution is 0.102. The van der Waals surface area contributed by atoms with Crippen LogP contribution in [0.1, 0.15) is 10.4 Å². The number of hydrogen-bond donors (Lipinski definition) is 1. The quantitative estimate of drug-likeness (QED) is 0.688. The molecule has 3 nitrogen and oxygen atoms in total. The van der Waals surface area contributed by atoms with E-state index in [1.54, 1.807) is 30.5 Å². The number of pyridine rings is 1. The van der Waals surface area contributed by atoms with Crippen molar-refractivity contribution in [3.8, 4) is 5.75 Å². The minimum Gasteiger partial charge on any atom is -0.508 e. The zero-order valence-corrected chi connectivity index (χ0v) is 10.9. The van der Waals surface area contributed by atoms with E-state index in [-0.39, 0.29) is 11.5 Å². The molecule has 2 rings (SSSR count). The molecular weight excluding hydrogens is 270 g/mol. The molecule has 0 aliphatic rings. The third kappa shape index (κ3) is 3.48. The van der Waals surface area contributed by atoms with Crippen molar-refractivity contribution in [3.63, 3.8) is 0 Å². The summed E-state index contributed by atoms with van der Waals surface area (Å²) in [7, 11) is 0. The van der Waals surface area contributed by atoms with Gasteiger partial charge >= 0.3 is 0 Å². The van der Waals surface area contributed by atoms with E-state index in [1.807, 2.05) is 0 Å². The molecule has 0 bridgehead atoms. The maximum atomic E-state index is 11.8. The number of halogens is 1. The van der Waals surface area contributed by atoms with Crippen molar-refractivity contribution in [2.24, 2.45) is 0 Å². The van der Waals surface area contributed by atoms with Gasteiger partial charge in [-0.05, 0) is 36.4 Å². The summed E-state index contributed by atoms with van der Waals surface area (Å²) in [5, 5.41) is 10.5. The van der Waals surface area contributed by atoms with Crippen molar-refractivity contribution < 1.29 is 9.90 Å². The maximum absolute atomic E-state index is 11.8. The summed E-state index contributed by atoms with van der Waals surface area (Å²) >= 11 is 7.08. The Labute approximate surface area is 114 Å². The summed E-state index contributed by atoms with van der Waals surface area (Å²) in [5.41, 5.74) is 0.578. The molecule has 0 aliphatic heterocycles. The van der Waals surface area contributed by atoms with E-state index in [2.05, 4.69) is 4.98 Å². The fourth-order valence-electron chi connectivity index (χ4n) is 1.32. The van der Waals surface area contributed by atoms with E-state index >= 15 is 0 Å². The fourth-order valence-corrected chi connectivity index (χ4v) is 2.17. The highest BCUT2D eigenvalue weighted by Gasteiger charge is 2.07. The Kier molecular flexibility index (Phi) is 4.23. The second kappa shape index (κ2) is 5.89. The van der Waals surface area contributed by atoms with Crippen LogP contribution in [0.3, 0.4) is 0 Å². The number of phenolic OH excluding ortho intramolecular Hbond substituents is 1. The van der Waals surface area contributed by atoms with Gasteiger partial charge in [0.2, 0.25) is 0 Å². The highest BCUT2D eigenvalue weighted by molar-refractivity contribution is 7.99. The van der Waals surface area contributed by atoms with Crippen molar-refractivity contribution >= 4 is 29.1 Å². The summed E-state index contributed by atoms with van der Waals surface area (Å²) in [6, 6.07) is 9.72. The van der Waals surface area contributed by atoms with E-state index < -0.39 is 0 Å². The van der Waals surface area contributed by atoms with Crippen LogP contribution < -0.4 is 0 Å². The van der Waals surface area contributed by atoms with Crippen LogP contribution in [0.15, 0.2) is 47.6 Å². The SMILES string of the molecule is O=C(CSc1ccc(Cl)cn1)c1ccc(O)cc1. The van der Waals surface area contributed by atoms with Crippen LogP contribution in [0.2, 0.25) is 5.02 Å². The van der Waals surface area contributed by atoms with Gasteiger partial charge in [0.1, 0.15) is 5.75 Å². The average Bonchev–Trinajstić information content (AvgIpc) is 2.38. The molecule has 0 aliphatic carbocycles. The summed E-state index contributed by atoms with van der Waals surface area (Å²) < 4.78 is 0. The van der Waals surface area contributed by atoms with Crippen molar-refractivity contribution in [1.82, 2.24) is 4.98 Å². The number of Topliss-reactive ketones (excluding diaryl/α,β-unsaturated/α-hetero) is 1. The third-order valence-corrected chi connectivity index (χ3v) is 3.41. The topological polar surface area (TPSA) is 50.2 Å². The van der Waals surface area contributed by atoms with E-state index in [9.17, 15) is 4.79 Å². The Morgan fingerprint density at radius 3 is 2.56 bits per heavy atom. The van der Waals surface area contributed by atoms with Crippen LogP contribution >= 0.6 is 23.4 Å². The lowest BCUT2D eigenvalue weighted by atomic mass is 10.1. The number of carbonyl (C=O) groups excluding carboxylic acids is 1. The first kappa shape index (κ1) is 12.9. The average molecular weight is 280 g/mol. The second-order valence-electron chi connectivity index (χ2n) is 3.57. The number of benzene rings is 1. The summed E-state index contributed by atoms with van der Waals surface area (Å²) in [6.07, 6.45) is 1.55. The van der Waals surface area contributed by atoms with Gasteiger partial charge < -0.3 is 5.11 Å². The van der Waals surface area contributed by atoms with Crippen LogP contribution in [-0.4, -0.2) is 21.6 Å². The minimum absolute atomic E-state index is 0.00301. The minimum atomic E-state index is -0.00301. The molecule has 2 aromatic rings. The van der Waals surface area contributed by atoms with Gasteiger partial charge in [-0.3, -0.25) is 4.79 Å². The number of carbonyl (C=O) groups is 1. The molecule has 1 heterocycles. The number of phenols is 1. The molecule has 0 amide bonds. The normalized spacial score (nSPS) is 10.3. The molecule has 0 radical (unpaired) electrons. The molecule has 0 atom stereocenters.